The molecule has 1 N–H and O–H groups in total. The predicted octanol–water partition coefficient (Wildman–Crippen LogP) is 4.44. The van der Waals surface area contributed by atoms with Gasteiger partial charge in [-0.1, -0.05) is 27.5 Å². The molecule has 1 aliphatic carbocycles. The summed E-state index contributed by atoms with van der Waals surface area (Å²) in [5.41, 5.74) is 0.871. The summed E-state index contributed by atoms with van der Waals surface area (Å²) in [5, 5.41) is 4.16. The highest BCUT2D eigenvalue weighted by molar-refractivity contribution is 9.10. The standard InChI is InChI=1S/C15H16BrClN2O/c16-10-3-6-13(17)12(8-10)14-9-19-15(20-14)2-1-7-18-11-4-5-11/h3,6,8-9,11,18H,1-2,4-5,7H2. The number of nitrogens with zero attached hydrogens (tertiary/aromatic N) is 1. The highest BCUT2D eigenvalue weighted by atomic mass is 79.9. The monoisotopic (exact) mass is 354 g/mol. The van der Waals surface area contributed by atoms with Crippen molar-refractivity contribution in [3.05, 3.63) is 39.8 Å². The van der Waals surface area contributed by atoms with Crippen LogP contribution in [0.15, 0.2) is 33.3 Å². The van der Waals surface area contributed by atoms with Gasteiger partial charge >= 0.3 is 0 Å². The van der Waals surface area contributed by atoms with Crippen molar-refractivity contribution in [1.82, 2.24) is 10.3 Å². The first-order valence-corrected chi connectivity index (χ1v) is 8.03. The Balaban J connectivity index is 1.61. The Morgan fingerprint density at radius 3 is 3.05 bits per heavy atom. The van der Waals surface area contributed by atoms with Gasteiger partial charge in [-0.15, -0.1) is 0 Å². The number of nitrogens with one attached hydrogen (secondary N) is 1. The molecule has 3 nitrogen and oxygen atoms in total. The summed E-state index contributed by atoms with van der Waals surface area (Å²) in [6.07, 6.45) is 6.29. The van der Waals surface area contributed by atoms with Crippen LogP contribution >= 0.6 is 27.5 Å². The molecule has 1 heterocycles. The number of aryl methyl sites for hydroxylation is 1. The zero-order valence-electron chi connectivity index (χ0n) is 11.0. The molecular weight excluding hydrogens is 340 g/mol. The van der Waals surface area contributed by atoms with Crippen LogP contribution in [0.4, 0.5) is 0 Å². The van der Waals surface area contributed by atoms with Crippen molar-refractivity contribution in [2.75, 3.05) is 6.54 Å². The molecule has 0 bridgehead atoms. The minimum absolute atomic E-state index is 0.673. The van der Waals surface area contributed by atoms with Crippen LogP contribution in [-0.2, 0) is 6.42 Å². The number of aromatic nitrogens is 1. The average Bonchev–Trinajstić information content (AvgIpc) is 3.15. The Kier molecular flexibility index (Phi) is 4.44. The molecule has 1 aromatic carbocycles. The van der Waals surface area contributed by atoms with Crippen molar-refractivity contribution in [3.63, 3.8) is 0 Å². The quantitative estimate of drug-likeness (QED) is 0.778. The van der Waals surface area contributed by atoms with E-state index in [9.17, 15) is 0 Å². The van der Waals surface area contributed by atoms with Gasteiger partial charge in [0.15, 0.2) is 11.7 Å². The average molecular weight is 356 g/mol. The summed E-state index contributed by atoms with van der Waals surface area (Å²) >= 11 is 9.63. The third-order valence-corrected chi connectivity index (χ3v) is 4.15. The molecule has 2 aromatic rings. The summed E-state index contributed by atoms with van der Waals surface area (Å²) in [7, 11) is 0. The molecule has 106 valence electrons. The number of oxazole rings is 1. The second-order valence-electron chi connectivity index (χ2n) is 5.07. The number of rotatable bonds is 6. The first-order valence-electron chi connectivity index (χ1n) is 6.86. The summed E-state index contributed by atoms with van der Waals surface area (Å²) in [6, 6.07) is 6.46. The molecule has 0 spiro atoms. The lowest BCUT2D eigenvalue weighted by atomic mass is 10.2. The Bertz CT molecular complexity index is 595. The van der Waals surface area contributed by atoms with Crippen LogP contribution in [0.25, 0.3) is 11.3 Å². The van der Waals surface area contributed by atoms with Crippen LogP contribution < -0.4 is 5.32 Å². The van der Waals surface area contributed by atoms with Gasteiger partial charge in [-0.25, -0.2) is 4.98 Å². The van der Waals surface area contributed by atoms with E-state index in [1.54, 1.807) is 6.20 Å². The maximum Gasteiger partial charge on any atom is 0.194 e. The molecule has 0 aliphatic heterocycles. The van der Waals surface area contributed by atoms with E-state index < -0.39 is 0 Å². The first kappa shape index (κ1) is 14.1. The Labute approximate surface area is 131 Å². The zero-order chi connectivity index (χ0) is 13.9. The molecule has 0 unspecified atom stereocenters. The maximum absolute atomic E-state index is 6.19. The molecule has 1 fully saturated rings. The third-order valence-electron chi connectivity index (χ3n) is 3.33. The number of halogens is 2. The lowest BCUT2D eigenvalue weighted by molar-refractivity contribution is 0.491. The van der Waals surface area contributed by atoms with E-state index in [0.717, 1.165) is 47.1 Å². The van der Waals surface area contributed by atoms with Crippen molar-refractivity contribution in [3.8, 4) is 11.3 Å². The van der Waals surface area contributed by atoms with Crippen LogP contribution in [0.5, 0.6) is 0 Å². The summed E-state index contributed by atoms with van der Waals surface area (Å²) in [6.45, 7) is 1.03. The van der Waals surface area contributed by atoms with Crippen LogP contribution in [0, 0.1) is 0 Å². The van der Waals surface area contributed by atoms with E-state index in [1.165, 1.54) is 12.8 Å². The molecule has 20 heavy (non-hydrogen) atoms. The number of hydrogen-bond acceptors (Lipinski definition) is 3. The van der Waals surface area contributed by atoms with E-state index in [0.29, 0.717) is 5.02 Å². The van der Waals surface area contributed by atoms with Gasteiger partial charge in [-0.3, -0.25) is 0 Å². The molecule has 3 rings (SSSR count). The van der Waals surface area contributed by atoms with Crippen molar-refractivity contribution in [1.29, 1.82) is 0 Å². The van der Waals surface area contributed by atoms with Gasteiger partial charge in [0.2, 0.25) is 0 Å². The van der Waals surface area contributed by atoms with Gasteiger partial charge in [-0.2, -0.15) is 0 Å². The zero-order valence-corrected chi connectivity index (χ0v) is 13.4. The maximum atomic E-state index is 6.19. The van der Waals surface area contributed by atoms with Crippen LogP contribution in [0.1, 0.15) is 25.2 Å². The van der Waals surface area contributed by atoms with Crippen molar-refractivity contribution >= 4 is 27.5 Å². The molecule has 1 aromatic heterocycles. The smallest absolute Gasteiger partial charge is 0.194 e. The molecule has 0 amide bonds. The van der Waals surface area contributed by atoms with Crippen molar-refractivity contribution < 1.29 is 4.42 Å². The summed E-state index contributed by atoms with van der Waals surface area (Å²) < 4.78 is 6.76. The van der Waals surface area contributed by atoms with E-state index in [2.05, 4.69) is 26.2 Å². The second-order valence-corrected chi connectivity index (χ2v) is 6.40. The van der Waals surface area contributed by atoms with Gasteiger partial charge in [0.05, 0.1) is 11.2 Å². The predicted molar refractivity (Wildman–Crippen MR) is 84.0 cm³/mol. The molecule has 1 saturated carbocycles. The van der Waals surface area contributed by atoms with Gasteiger partial charge in [0.25, 0.3) is 0 Å². The van der Waals surface area contributed by atoms with Gasteiger partial charge in [-0.05, 0) is 44.0 Å². The minimum Gasteiger partial charge on any atom is -0.441 e. The second kappa shape index (κ2) is 6.29. The summed E-state index contributed by atoms with van der Waals surface area (Å²) in [4.78, 5) is 4.33. The SMILES string of the molecule is Clc1ccc(Br)cc1-c1cnc(CCCNC2CC2)o1. The molecule has 0 atom stereocenters. The minimum atomic E-state index is 0.673. The number of hydrogen-bond donors (Lipinski definition) is 1. The van der Waals surface area contributed by atoms with Crippen LogP contribution in [0.3, 0.4) is 0 Å². The van der Waals surface area contributed by atoms with Crippen molar-refractivity contribution in [2.45, 2.75) is 31.7 Å². The van der Waals surface area contributed by atoms with Gasteiger partial charge < -0.3 is 9.73 Å². The Morgan fingerprint density at radius 2 is 2.25 bits per heavy atom. The summed E-state index contributed by atoms with van der Waals surface area (Å²) in [5.74, 6) is 1.50. The Morgan fingerprint density at radius 1 is 1.40 bits per heavy atom. The highest BCUT2D eigenvalue weighted by Gasteiger charge is 2.19. The molecule has 5 heteroatoms. The van der Waals surface area contributed by atoms with Gasteiger partial charge in [0.1, 0.15) is 0 Å². The normalized spacial score (nSPS) is 14.7. The number of benzene rings is 1. The molecule has 0 radical (unpaired) electrons. The molecule has 1 aliphatic rings. The van der Waals surface area contributed by atoms with E-state index in [4.69, 9.17) is 16.0 Å². The highest BCUT2D eigenvalue weighted by Crippen LogP contribution is 2.31. The van der Waals surface area contributed by atoms with E-state index in [1.807, 2.05) is 18.2 Å². The Hall–Kier alpha value is -0.840. The topological polar surface area (TPSA) is 38.1 Å². The van der Waals surface area contributed by atoms with E-state index >= 15 is 0 Å². The largest absolute Gasteiger partial charge is 0.441 e. The fourth-order valence-electron chi connectivity index (χ4n) is 2.07. The van der Waals surface area contributed by atoms with E-state index in [-0.39, 0.29) is 0 Å². The molecule has 0 saturated heterocycles. The van der Waals surface area contributed by atoms with Gasteiger partial charge in [0, 0.05) is 22.5 Å². The van der Waals surface area contributed by atoms with Crippen LogP contribution in [0.2, 0.25) is 5.02 Å². The fraction of sp³-hybridized carbons (Fsp3) is 0.400. The fourth-order valence-corrected chi connectivity index (χ4v) is 2.64. The third kappa shape index (κ3) is 3.62. The lowest BCUT2D eigenvalue weighted by Crippen LogP contribution is -2.17. The molecular formula is C15H16BrClN2O. The lowest BCUT2D eigenvalue weighted by Gasteiger charge is -2.01. The first-order chi connectivity index (χ1) is 9.72. The van der Waals surface area contributed by atoms with Crippen LogP contribution in [-0.4, -0.2) is 17.6 Å². The van der Waals surface area contributed by atoms with Crippen molar-refractivity contribution in [2.24, 2.45) is 0 Å².